The Morgan fingerprint density at radius 1 is 1.02 bits per heavy atom. The fourth-order valence-electron chi connectivity index (χ4n) is 6.60. The van der Waals surface area contributed by atoms with Crippen LogP contribution in [0.3, 0.4) is 0 Å². The summed E-state index contributed by atoms with van der Waals surface area (Å²) in [4.78, 5) is 47.1. The van der Waals surface area contributed by atoms with Crippen LogP contribution in [-0.4, -0.2) is 61.0 Å². The van der Waals surface area contributed by atoms with Crippen LogP contribution in [0.1, 0.15) is 63.6 Å². The van der Waals surface area contributed by atoms with E-state index in [1.54, 1.807) is 4.57 Å². The number of aromatic nitrogens is 4. The molecular formula is C33H40N6O3. The van der Waals surface area contributed by atoms with E-state index in [0.717, 1.165) is 34.1 Å². The highest BCUT2D eigenvalue weighted by Crippen LogP contribution is 2.32. The van der Waals surface area contributed by atoms with Crippen LogP contribution in [0.5, 0.6) is 0 Å². The number of likely N-dealkylation sites (tertiary alicyclic amines) is 1. The number of rotatable bonds is 5. The van der Waals surface area contributed by atoms with Gasteiger partial charge >= 0.3 is 5.69 Å². The fraction of sp³-hybridized carbons (Fsp3) is 0.455. The maximum absolute atomic E-state index is 14.0. The van der Waals surface area contributed by atoms with Crippen molar-refractivity contribution in [3.8, 4) is 11.3 Å². The van der Waals surface area contributed by atoms with E-state index in [2.05, 4.69) is 48.1 Å². The van der Waals surface area contributed by atoms with E-state index in [4.69, 9.17) is 0 Å². The zero-order valence-corrected chi connectivity index (χ0v) is 24.7. The zero-order valence-electron chi connectivity index (χ0n) is 24.7. The first-order valence-corrected chi connectivity index (χ1v) is 15.0. The van der Waals surface area contributed by atoms with Crippen molar-refractivity contribution in [1.82, 2.24) is 29.5 Å². The average molecular weight is 569 g/mol. The van der Waals surface area contributed by atoms with Crippen molar-refractivity contribution in [2.45, 2.75) is 65.5 Å². The summed E-state index contributed by atoms with van der Waals surface area (Å²) in [6.07, 6.45) is 6.78. The summed E-state index contributed by atoms with van der Waals surface area (Å²) < 4.78 is 1.78. The van der Waals surface area contributed by atoms with Crippen molar-refractivity contribution < 1.29 is 9.59 Å². The molecule has 9 nitrogen and oxygen atoms in total. The largest absolute Gasteiger partial charge is 0.343 e. The maximum Gasteiger partial charge on any atom is 0.326 e. The Bertz CT molecular complexity index is 1640. The third-order valence-electron chi connectivity index (χ3n) is 8.73. The number of imidazole rings is 1. The Labute approximate surface area is 245 Å². The van der Waals surface area contributed by atoms with E-state index in [1.807, 2.05) is 52.5 Å². The van der Waals surface area contributed by atoms with Crippen LogP contribution >= 0.6 is 0 Å². The fourth-order valence-corrected chi connectivity index (χ4v) is 6.60. The molecule has 1 saturated heterocycles. The molecule has 42 heavy (non-hydrogen) atoms. The van der Waals surface area contributed by atoms with Crippen molar-refractivity contribution >= 4 is 22.7 Å². The van der Waals surface area contributed by atoms with E-state index in [1.165, 1.54) is 5.56 Å². The number of fused-ring (bicyclic) bond motifs is 3. The van der Waals surface area contributed by atoms with Gasteiger partial charge in [0.1, 0.15) is 0 Å². The number of H-pyrrole nitrogens is 2. The van der Waals surface area contributed by atoms with E-state index < -0.39 is 0 Å². The molecule has 0 aliphatic carbocycles. The van der Waals surface area contributed by atoms with Gasteiger partial charge in [-0.3, -0.25) is 19.3 Å². The Kier molecular flexibility index (Phi) is 7.51. The lowest BCUT2D eigenvalue weighted by molar-refractivity contribution is -0.143. The summed E-state index contributed by atoms with van der Waals surface area (Å²) in [5.41, 5.74) is 4.93. The molecule has 1 fully saturated rings. The van der Waals surface area contributed by atoms with E-state index >= 15 is 0 Å². The van der Waals surface area contributed by atoms with Gasteiger partial charge in [0.05, 0.1) is 17.4 Å². The molecule has 0 bridgehead atoms. The number of nitrogens with one attached hydrogen (secondary N) is 2. The molecule has 2 aromatic carbocycles. The molecule has 0 radical (unpaired) electrons. The average Bonchev–Trinajstić information content (AvgIpc) is 3.61. The third kappa shape index (κ3) is 5.78. The molecule has 2 amide bonds. The topological polar surface area (TPSA) is 107 Å². The van der Waals surface area contributed by atoms with Crippen molar-refractivity contribution in [2.75, 3.05) is 19.6 Å². The number of nitrogens with zero attached hydrogens (tertiary/aromatic N) is 4. The van der Waals surface area contributed by atoms with Gasteiger partial charge in [0.15, 0.2) is 0 Å². The third-order valence-corrected chi connectivity index (χ3v) is 8.73. The predicted molar refractivity (Wildman–Crippen MR) is 163 cm³/mol. The number of aryl methyl sites for hydroxylation is 1. The minimum absolute atomic E-state index is 0.0278. The number of piperidine rings is 1. The van der Waals surface area contributed by atoms with Crippen molar-refractivity contribution in [3.63, 3.8) is 0 Å². The Morgan fingerprint density at radius 2 is 1.79 bits per heavy atom. The Balaban J connectivity index is 1.14. The van der Waals surface area contributed by atoms with Gasteiger partial charge < -0.3 is 14.8 Å². The summed E-state index contributed by atoms with van der Waals surface area (Å²) in [5.74, 6) is -0.266. The summed E-state index contributed by atoms with van der Waals surface area (Å²) >= 11 is 0. The van der Waals surface area contributed by atoms with E-state index in [0.29, 0.717) is 45.4 Å². The van der Waals surface area contributed by atoms with Gasteiger partial charge in [-0.2, -0.15) is 5.10 Å². The Hall–Kier alpha value is -4.14. The summed E-state index contributed by atoms with van der Waals surface area (Å²) in [6.45, 7) is 8.72. The molecule has 2 N–H and O–H groups in total. The molecule has 2 aliphatic heterocycles. The van der Waals surface area contributed by atoms with Gasteiger partial charge in [0.25, 0.3) is 0 Å². The number of aromatic amines is 2. The van der Waals surface area contributed by atoms with Gasteiger partial charge in [-0.1, -0.05) is 57.2 Å². The van der Waals surface area contributed by atoms with Crippen LogP contribution in [0, 0.1) is 11.3 Å². The number of benzene rings is 2. The van der Waals surface area contributed by atoms with Crippen molar-refractivity contribution in [2.24, 2.45) is 11.3 Å². The molecule has 0 saturated carbocycles. The van der Waals surface area contributed by atoms with Crippen LogP contribution in [0.15, 0.2) is 59.7 Å². The molecule has 4 aromatic rings. The van der Waals surface area contributed by atoms with Crippen LogP contribution < -0.4 is 5.69 Å². The lowest BCUT2D eigenvalue weighted by Crippen LogP contribution is -2.45. The van der Waals surface area contributed by atoms with Gasteiger partial charge in [0.2, 0.25) is 11.8 Å². The first kappa shape index (κ1) is 28.0. The highest BCUT2D eigenvalue weighted by molar-refractivity contribution is 5.88. The molecule has 2 aromatic heterocycles. The van der Waals surface area contributed by atoms with Crippen LogP contribution in [0.2, 0.25) is 0 Å². The van der Waals surface area contributed by atoms with Gasteiger partial charge in [-0.15, -0.1) is 0 Å². The monoisotopic (exact) mass is 568 g/mol. The predicted octanol–water partition coefficient (Wildman–Crippen LogP) is 4.91. The minimum atomic E-state index is -0.355. The highest BCUT2D eigenvalue weighted by Gasteiger charge is 2.34. The number of carbonyl (C=O) groups excluding carboxylic acids is 2. The number of hydrogen-bond acceptors (Lipinski definition) is 4. The maximum atomic E-state index is 14.0. The van der Waals surface area contributed by atoms with Gasteiger partial charge in [-0.25, -0.2) is 4.79 Å². The lowest BCUT2D eigenvalue weighted by atomic mass is 9.87. The molecule has 4 heterocycles. The smallest absolute Gasteiger partial charge is 0.326 e. The van der Waals surface area contributed by atoms with Crippen LogP contribution in [0.4, 0.5) is 0 Å². The number of hydrogen-bond donors (Lipinski definition) is 2. The summed E-state index contributed by atoms with van der Waals surface area (Å²) in [5, 5.41) is 8.35. The molecule has 220 valence electrons. The molecule has 9 heteroatoms. The minimum Gasteiger partial charge on any atom is -0.343 e. The summed E-state index contributed by atoms with van der Waals surface area (Å²) in [7, 11) is 0. The molecule has 2 aliphatic rings. The van der Waals surface area contributed by atoms with E-state index in [-0.39, 0.29) is 41.3 Å². The van der Waals surface area contributed by atoms with Crippen molar-refractivity contribution in [3.05, 3.63) is 76.5 Å². The highest BCUT2D eigenvalue weighted by atomic mass is 16.2. The molecular weight excluding hydrogens is 528 g/mol. The second-order valence-corrected chi connectivity index (χ2v) is 13.1. The molecule has 1 atom stereocenters. The van der Waals surface area contributed by atoms with Crippen molar-refractivity contribution in [1.29, 1.82) is 0 Å². The lowest BCUT2D eigenvalue weighted by Gasteiger charge is -2.36. The summed E-state index contributed by atoms with van der Waals surface area (Å²) in [6, 6.07) is 14.0. The van der Waals surface area contributed by atoms with Gasteiger partial charge in [-0.05, 0) is 53.9 Å². The molecule has 0 unspecified atom stereocenters. The molecule has 0 spiro atoms. The SMILES string of the molecule is CC(C)(C)CN1Cc2c(ccc3[nH]ncc23)CC[C@@H](CC(=O)N2CCC(n3cc(-c4ccccc4)[nH]c3=O)CC2)C1=O. The first-order chi connectivity index (χ1) is 20.2. The number of carbonyl (C=O) groups is 2. The first-order valence-electron chi connectivity index (χ1n) is 15.0. The van der Waals surface area contributed by atoms with Gasteiger partial charge in [0, 0.05) is 56.1 Å². The second kappa shape index (κ2) is 11.3. The number of amides is 2. The zero-order chi connectivity index (χ0) is 29.4. The van der Waals surface area contributed by atoms with E-state index in [9.17, 15) is 14.4 Å². The quantitative estimate of drug-likeness (QED) is 0.357. The molecule has 6 rings (SSSR count). The Morgan fingerprint density at radius 3 is 2.52 bits per heavy atom. The second-order valence-electron chi connectivity index (χ2n) is 13.1. The van der Waals surface area contributed by atoms with Crippen LogP contribution in [-0.2, 0) is 22.6 Å². The standard InChI is InChI=1S/C33H40N6O3/c1-33(2,3)21-38-19-27-22(11-12-28-26(27)18-34-36-28)9-10-24(31(38)41)17-30(40)37-15-13-25(14-16-37)39-20-29(35-32(39)42)23-7-5-4-6-8-23/h4-8,11-12,18,20,24-25H,9-10,13-17,19,21H2,1-3H3,(H,34,36)(H,35,42)/t24-/m0/s1. The van der Waals surface area contributed by atoms with Crippen LogP contribution in [0.25, 0.3) is 22.2 Å². The normalized spacial score (nSPS) is 18.6.